The molecule has 1 heterocycles. The molecule has 2 aromatic carbocycles. The zero-order valence-electron chi connectivity index (χ0n) is 16.1. The standard InChI is InChI=1S/C20H18N4O4S2/c1-27-18-8-3-13(9-19(18)28-2)17-12-29-20(24-17)14(10-21)11-23-15-4-6-16(7-5-15)30(22,25)26/h3-9,11-12,23H,1-2H3,(H2,22,25,26). The van der Waals surface area contributed by atoms with Gasteiger partial charge in [0.15, 0.2) is 11.5 Å². The van der Waals surface area contributed by atoms with Gasteiger partial charge in [-0.25, -0.2) is 18.5 Å². The molecule has 0 saturated carbocycles. The highest BCUT2D eigenvalue weighted by Crippen LogP contribution is 2.33. The van der Waals surface area contributed by atoms with E-state index in [1.807, 2.05) is 17.5 Å². The lowest BCUT2D eigenvalue weighted by Crippen LogP contribution is -2.11. The number of thiazole rings is 1. The zero-order chi connectivity index (χ0) is 21.7. The van der Waals surface area contributed by atoms with E-state index in [9.17, 15) is 13.7 Å². The van der Waals surface area contributed by atoms with Crippen molar-refractivity contribution in [3.63, 3.8) is 0 Å². The average molecular weight is 443 g/mol. The van der Waals surface area contributed by atoms with Crippen molar-refractivity contribution in [2.75, 3.05) is 19.5 Å². The van der Waals surface area contributed by atoms with Crippen LogP contribution in [0.5, 0.6) is 11.5 Å². The highest BCUT2D eigenvalue weighted by molar-refractivity contribution is 7.89. The summed E-state index contributed by atoms with van der Waals surface area (Å²) in [5, 5.41) is 20.0. The maximum Gasteiger partial charge on any atom is 0.238 e. The number of primary sulfonamides is 1. The first-order valence-electron chi connectivity index (χ1n) is 8.53. The Morgan fingerprint density at radius 2 is 1.87 bits per heavy atom. The number of methoxy groups -OCH3 is 2. The van der Waals surface area contributed by atoms with Gasteiger partial charge in [-0.2, -0.15) is 5.26 Å². The quantitative estimate of drug-likeness (QED) is 0.536. The second kappa shape index (κ2) is 8.96. The summed E-state index contributed by atoms with van der Waals surface area (Å²) in [6.07, 6.45) is 1.52. The van der Waals surface area contributed by atoms with Gasteiger partial charge in [-0.3, -0.25) is 0 Å². The molecule has 0 aliphatic carbocycles. The molecule has 1 aromatic heterocycles. The molecule has 3 aromatic rings. The van der Waals surface area contributed by atoms with Crippen LogP contribution in [0, 0.1) is 11.3 Å². The number of hydrogen-bond donors (Lipinski definition) is 2. The Kier molecular flexibility index (Phi) is 6.37. The molecule has 0 aliphatic rings. The van der Waals surface area contributed by atoms with E-state index in [0.717, 1.165) is 5.56 Å². The van der Waals surface area contributed by atoms with E-state index in [1.165, 1.54) is 29.7 Å². The highest BCUT2D eigenvalue weighted by Gasteiger charge is 2.12. The van der Waals surface area contributed by atoms with Crippen LogP contribution < -0.4 is 19.9 Å². The smallest absolute Gasteiger partial charge is 0.238 e. The van der Waals surface area contributed by atoms with Crippen LogP contribution in [-0.4, -0.2) is 27.6 Å². The second-order valence-electron chi connectivity index (χ2n) is 5.99. The minimum atomic E-state index is -3.75. The van der Waals surface area contributed by atoms with Gasteiger partial charge in [-0.15, -0.1) is 11.3 Å². The minimum absolute atomic E-state index is 0.0111. The molecule has 30 heavy (non-hydrogen) atoms. The number of anilines is 1. The second-order valence-corrected chi connectivity index (χ2v) is 8.41. The van der Waals surface area contributed by atoms with Gasteiger partial charge in [0.1, 0.15) is 16.6 Å². The molecule has 0 atom stereocenters. The van der Waals surface area contributed by atoms with Gasteiger partial charge in [-0.05, 0) is 42.5 Å². The molecular formula is C20H18N4O4S2. The Hall–Kier alpha value is -3.39. The van der Waals surface area contributed by atoms with Crippen LogP contribution in [0.4, 0.5) is 5.69 Å². The number of allylic oxidation sites excluding steroid dienone is 1. The van der Waals surface area contributed by atoms with E-state index >= 15 is 0 Å². The van der Waals surface area contributed by atoms with Crippen molar-refractivity contribution in [1.82, 2.24) is 4.98 Å². The number of aromatic nitrogens is 1. The Bertz CT molecular complexity index is 1230. The van der Waals surface area contributed by atoms with Crippen LogP contribution in [-0.2, 0) is 10.0 Å². The lowest BCUT2D eigenvalue weighted by Gasteiger charge is -2.08. The van der Waals surface area contributed by atoms with Crippen LogP contribution in [0.3, 0.4) is 0 Å². The molecule has 0 amide bonds. The van der Waals surface area contributed by atoms with Gasteiger partial charge in [0.05, 0.1) is 24.8 Å². The zero-order valence-corrected chi connectivity index (χ0v) is 17.8. The van der Waals surface area contributed by atoms with Gasteiger partial charge in [0.2, 0.25) is 10.0 Å². The van der Waals surface area contributed by atoms with Crippen LogP contribution in [0.15, 0.2) is 58.9 Å². The van der Waals surface area contributed by atoms with Gasteiger partial charge in [0, 0.05) is 22.8 Å². The summed E-state index contributed by atoms with van der Waals surface area (Å²) in [5.41, 5.74) is 2.47. The fraction of sp³-hybridized carbons (Fsp3) is 0.100. The molecule has 0 radical (unpaired) electrons. The predicted molar refractivity (Wildman–Crippen MR) is 116 cm³/mol. The Morgan fingerprint density at radius 3 is 2.47 bits per heavy atom. The summed E-state index contributed by atoms with van der Waals surface area (Å²) in [6.45, 7) is 0. The number of rotatable bonds is 7. The van der Waals surface area contributed by atoms with Crippen molar-refractivity contribution >= 4 is 32.6 Å². The first-order valence-corrected chi connectivity index (χ1v) is 11.0. The van der Waals surface area contributed by atoms with Crippen molar-refractivity contribution in [3.05, 3.63) is 59.1 Å². The molecule has 0 aliphatic heterocycles. The number of nitrogens with two attached hydrogens (primary N) is 1. The molecule has 0 spiro atoms. The molecule has 0 unspecified atom stereocenters. The van der Waals surface area contributed by atoms with E-state index in [0.29, 0.717) is 33.5 Å². The van der Waals surface area contributed by atoms with E-state index < -0.39 is 10.0 Å². The van der Waals surface area contributed by atoms with Crippen molar-refractivity contribution in [2.24, 2.45) is 5.14 Å². The molecule has 154 valence electrons. The molecule has 3 N–H and O–H groups in total. The van der Waals surface area contributed by atoms with E-state index in [2.05, 4.69) is 16.4 Å². The molecular weight excluding hydrogens is 424 g/mol. The van der Waals surface area contributed by atoms with Crippen molar-refractivity contribution in [1.29, 1.82) is 5.26 Å². The van der Waals surface area contributed by atoms with Crippen LogP contribution in [0.25, 0.3) is 16.8 Å². The minimum Gasteiger partial charge on any atom is -0.493 e. The van der Waals surface area contributed by atoms with Gasteiger partial charge in [-0.1, -0.05) is 0 Å². The van der Waals surface area contributed by atoms with Crippen molar-refractivity contribution in [3.8, 4) is 28.8 Å². The Balaban J connectivity index is 1.81. The van der Waals surface area contributed by atoms with Crippen LogP contribution in [0.1, 0.15) is 5.01 Å². The normalized spacial score (nSPS) is 11.6. The third kappa shape index (κ3) is 4.77. The van der Waals surface area contributed by atoms with Gasteiger partial charge < -0.3 is 14.8 Å². The van der Waals surface area contributed by atoms with Crippen molar-refractivity contribution in [2.45, 2.75) is 4.90 Å². The maximum atomic E-state index is 11.3. The Labute approximate surface area is 178 Å². The predicted octanol–water partition coefficient (Wildman–Crippen LogP) is 3.45. The summed E-state index contributed by atoms with van der Waals surface area (Å²) in [5.74, 6) is 1.21. The SMILES string of the molecule is COc1ccc(-c2csc(C(C#N)=CNc3ccc(S(N)(=O)=O)cc3)n2)cc1OC. The van der Waals surface area contributed by atoms with E-state index in [-0.39, 0.29) is 4.90 Å². The number of benzene rings is 2. The third-order valence-electron chi connectivity index (χ3n) is 4.10. The Morgan fingerprint density at radius 1 is 1.17 bits per heavy atom. The summed E-state index contributed by atoms with van der Waals surface area (Å²) in [6, 6.07) is 13.5. The first kappa shape index (κ1) is 21.3. The molecule has 0 fully saturated rings. The van der Waals surface area contributed by atoms with E-state index in [1.54, 1.807) is 32.4 Å². The number of hydrogen-bond acceptors (Lipinski definition) is 8. The third-order valence-corrected chi connectivity index (χ3v) is 5.91. The largest absolute Gasteiger partial charge is 0.493 e. The molecule has 0 bridgehead atoms. The topological polar surface area (TPSA) is 127 Å². The number of sulfonamides is 1. The van der Waals surface area contributed by atoms with Crippen LogP contribution >= 0.6 is 11.3 Å². The number of nitrogens with zero attached hydrogens (tertiary/aromatic N) is 2. The summed E-state index contributed by atoms with van der Waals surface area (Å²) < 4.78 is 33.2. The number of nitrogens with one attached hydrogen (secondary N) is 1. The molecule has 0 saturated heterocycles. The summed E-state index contributed by atoms with van der Waals surface area (Å²) >= 11 is 1.33. The first-order chi connectivity index (χ1) is 14.4. The van der Waals surface area contributed by atoms with Gasteiger partial charge in [0.25, 0.3) is 0 Å². The summed E-state index contributed by atoms with van der Waals surface area (Å²) in [7, 11) is -0.624. The fourth-order valence-corrected chi connectivity index (χ4v) is 3.87. The van der Waals surface area contributed by atoms with Crippen LogP contribution in [0.2, 0.25) is 0 Å². The average Bonchev–Trinajstić information content (AvgIpc) is 3.23. The lowest BCUT2D eigenvalue weighted by molar-refractivity contribution is 0.355. The van der Waals surface area contributed by atoms with Gasteiger partial charge >= 0.3 is 0 Å². The summed E-state index contributed by atoms with van der Waals surface area (Å²) in [4.78, 5) is 4.55. The number of nitriles is 1. The number of ether oxygens (including phenoxy) is 2. The fourth-order valence-electron chi connectivity index (χ4n) is 2.56. The molecule has 3 rings (SSSR count). The monoisotopic (exact) mass is 442 g/mol. The highest BCUT2D eigenvalue weighted by atomic mass is 32.2. The van der Waals surface area contributed by atoms with E-state index in [4.69, 9.17) is 14.6 Å². The molecule has 8 nitrogen and oxygen atoms in total. The lowest BCUT2D eigenvalue weighted by atomic mass is 10.1. The van der Waals surface area contributed by atoms with Crippen molar-refractivity contribution < 1.29 is 17.9 Å². The maximum absolute atomic E-state index is 11.3. The molecule has 10 heteroatoms.